The van der Waals surface area contributed by atoms with Crippen LogP contribution in [0.15, 0.2) is 18.2 Å². The van der Waals surface area contributed by atoms with Crippen molar-refractivity contribution in [1.82, 2.24) is 0 Å². The smallest absolute Gasteiger partial charge is 0.340 e. The summed E-state index contributed by atoms with van der Waals surface area (Å²) in [5, 5.41) is 0. The van der Waals surface area contributed by atoms with Crippen LogP contribution in [0.2, 0.25) is 0 Å². The van der Waals surface area contributed by atoms with Crippen LogP contribution in [-0.4, -0.2) is 13.1 Å². The van der Waals surface area contributed by atoms with Crippen molar-refractivity contribution in [3.63, 3.8) is 0 Å². The molecular formula is C11H13FO2. The number of methoxy groups -OCH3 is 1. The van der Waals surface area contributed by atoms with E-state index >= 15 is 0 Å². The molecular weight excluding hydrogens is 183 g/mol. The van der Waals surface area contributed by atoms with E-state index in [4.69, 9.17) is 0 Å². The van der Waals surface area contributed by atoms with E-state index in [2.05, 4.69) is 4.74 Å². The number of hydrogen-bond donors (Lipinski definition) is 0. The molecule has 0 amide bonds. The SMILES string of the molecule is CCCc1ccc(C(=O)OC)c(F)c1. The molecule has 1 aromatic rings. The molecule has 0 aromatic heterocycles. The van der Waals surface area contributed by atoms with Gasteiger partial charge in [-0.15, -0.1) is 0 Å². The number of rotatable bonds is 3. The van der Waals surface area contributed by atoms with Gasteiger partial charge in [0.25, 0.3) is 0 Å². The van der Waals surface area contributed by atoms with E-state index in [1.165, 1.54) is 19.2 Å². The van der Waals surface area contributed by atoms with Gasteiger partial charge in [-0.2, -0.15) is 0 Å². The second kappa shape index (κ2) is 4.74. The molecule has 0 radical (unpaired) electrons. The average molecular weight is 196 g/mol. The minimum absolute atomic E-state index is 0.00708. The van der Waals surface area contributed by atoms with Gasteiger partial charge in [0.2, 0.25) is 0 Å². The fourth-order valence-electron chi connectivity index (χ4n) is 1.28. The zero-order valence-corrected chi connectivity index (χ0v) is 8.34. The van der Waals surface area contributed by atoms with E-state index in [1.807, 2.05) is 6.92 Å². The van der Waals surface area contributed by atoms with Crippen molar-refractivity contribution in [2.24, 2.45) is 0 Å². The fraction of sp³-hybridized carbons (Fsp3) is 0.364. The second-order valence-electron chi connectivity index (χ2n) is 3.06. The van der Waals surface area contributed by atoms with Crippen LogP contribution in [0.25, 0.3) is 0 Å². The molecule has 0 aliphatic heterocycles. The number of carbonyl (C=O) groups is 1. The lowest BCUT2D eigenvalue weighted by molar-refractivity contribution is 0.0595. The van der Waals surface area contributed by atoms with E-state index in [1.54, 1.807) is 6.07 Å². The zero-order valence-electron chi connectivity index (χ0n) is 8.34. The molecule has 0 aliphatic carbocycles. The molecule has 0 saturated carbocycles. The van der Waals surface area contributed by atoms with E-state index in [-0.39, 0.29) is 5.56 Å². The van der Waals surface area contributed by atoms with Gasteiger partial charge in [-0.1, -0.05) is 19.4 Å². The van der Waals surface area contributed by atoms with Gasteiger partial charge in [0.1, 0.15) is 5.82 Å². The first kappa shape index (κ1) is 10.7. The zero-order chi connectivity index (χ0) is 10.6. The van der Waals surface area contributed by atoms with Gasteiger partial charge in [0.15, 0.2) is 0 Å². The molecule has 0 atom stereocenters. The Kier molecular flexibility index (Phi) is 3.63. The number of ether oxygens (including phenoxy) is 1. The first-order valence-electron chi connectivity index (χ1n) is 4.55. The fourth-order valence-corrected chi connectivity index (χ4v) is 1.28. The standard InChI is InChI=1S/C11H13FO2/c1-3-4-8-5-6-9(10(12)7-8)11(13)14-2/h5-7H,3-4H2,1-2H3. The van der Waals surface area contributed by atoms with Crippen LogP contribution in [0.3, 0.4) is 0 Å². The number of halogens is 1. The Morgan fingerprint density at radius 1 is 1.50 bits per heavy atom. The maximum atomic E-state index is 13.3. The van der Waals surface area contributed by atoms with Gasteiger partial charge in [-0.3, -0.25) is 0 Å². The largest absolute Gasteiger partial charge is 0.465 e. The Morgan fingerprint density at radius 2 is 2.21 bits per heavy atom. The lowest BCUT2D eigenvalue weighted by Gasteiger charge is -2.03. The Bertz CT molecular complexity index is 334. The topological polar surface area (TPSA) is 26.3 Å². The maximum Gasteiger partial charge on any atom is 0.340 e. The summed E-state index contributed by atoms with van der Waals surface area (Å²) in [6.45, 7) is 2.02. The van der Waals surface area contributed by atoms with Gasteiger partial charge in [-0.05, 0) is 24.1 Å². The molecule has 14 heavy (non-hydrogen) atoms. The molecule has 1 aromatic carbocycles. The molecule has 76 valence electrons. The van der Waals surface area contributed by atoms with Crippen LogP contribution in [0.1, 0.15) is 29.3 Å². The normalized spacial score (nSPS) is 9.93. The number of carbonyl (C=O) groups excluding carboxylic acids is 1. The van der Waals surface area contributed by atoms with Gasteiger partial charge < -0.3 is 4.74 Å². The molecule has 2 nitrogen and oxygen atoms in total. The van der Waals surface area contributed by atoms with Gasteiger partial charge in [0, 0.05) is 0 Å². The third kappa shape index (κ3) is 2.31. The minimum atomic E-state index is -0.634. The van der Waals surface area contributed by atoms with Crippen LogP contribution in [0.5, 0.6) is 0 Å². The van der Waals surface area contributed by atoms with Crippen molar-refractivity contribution >= 4 is 5.97 Å². The lowest BCUT2D eigenvalue weighted by Crippen LogP contribution is -2.04. The molecule has 1 rings (SSSR count). The summed E-state index contributed by atoms with van der Waals surface area (Å²) < 4.78 is 17.7. The van der Waals surface area contributed by atoms with Crippen LogP contribution in [0, 0.1) is 5.82 Å². The van der Waals surface area contributed by atoms with Crippen LogP contribution in [0.4, 0.5) is 4.39 Å². The average Bonchev–Trinajstić information content (AvgIpc) is 2.17. The minimum Gasteiger partial charge on any atom is -0.465 e. The van der Waals surface area contributed by atoms with E-state index in [0.717, 1.165) is 18.4 Å². The summed E-state index contributed by atoms with van der Waals surface area (Å²) in [6.07, 6.45) is 1.77. The third-order valence-corrected chi connectivity index (χ3v) is 1.98. The Hall–Kier alpha value is -1.38. The Balaban J connectivity index is 2.95. The molecule has 0 fully saturated rings. The second-order valence-corrected chi connectivity index (χ2v) is 3.06. The van der Waals surface area contributed by atoms with Crippen LogP contribution in [-0.2, 0) is 11.2 Å². The highest BCUT2D eigenvalue weighted by molar-refractivity contribution is 5.89. The van der Waals surface area contributed by atoms with Gasteiger partial charge >= 0.3 is 5.97 Å². The van der Waals surface area contributed by atoms with E-state index in [0.29, 0.717) is 0 Å². The highest BCUT2D eigenvalue weighted by atomic mass is 19.1. The molecule has 0 saturated heterocycles. The van der Waals surface area contributed by atoms with Crippen molar-refractivity contribution in [3.8, 4) is 0 Å². The first-order chi connectivity index (χ1) is 6.69. The Morgan fingerprint density at radius 3 is 2.71 bits per heavy atom. The summed E-state index contributed by atoms with van der Waals surface area (Å²) in [5.41, 5.74) is 0.894. The summed E-state index contributed by atoms with van der Waals surface area (Å²) in [7, 11) is 1.24. The van der Waals surface area contributed by atoms with Gasteiger partial charge in [0.05, 0.1) is 12.7 Å². The summed E-state index contributed by atoms with van der Waals surface area (Å²) in [5.74, 6) is -1.15. The van der Waals surface area contributed by atoms with Crippen molar-refractivity contribution in [3.05, 3.63) is 35.1 Å². The predicted molar refractivity (Wildman–Crippen MR) is 51.7 cm³/mol. The molecule has 0 bridgehead atoms. The number of hydrogen-bond acceptors (Lipinski definition) is 2. The van der Waals surface area contributed by atoms with Crippen LogP contribution >= 0.6 is 0 Å². The Labute approximate surface area is 82.7 Å². The summed E-state index contributed by atoms with van der Waals surface area (Å²) in [4.78, 5) is 11.0. The van der Waals surface area contributed by atoms with Gasteiger partial charge in [-0.25, -0.2) is 9.18 Å². The summed E-state index contributed by atoms with van der Waals surface area (Å²) in [6, 6.07) is 4.60. The quantitative estimate of drug-likeness (QED) is 0.694. The maximum absolute atomic E-state index is 13.3. The number of aryl methyl sites for hydroxylation is 1. The summed E-state index contributed by atoms with van der Waals surface area (Å²) >= 11 is 0. The molecule has 3 heteroatoms. The first-order valence-corrected chi connectivity index (χ1v) is 4.55. The van der Waals surface area contributed by atoms with Crippen LogP contribution < -0.4 is 0 Å². The van der Waals surface area contributed by atoms with E-state index in [9.17, 15) is 9.18 Å². The molecule has 0 heterocycles. The van der Waals surface area contributed by atoms with Crippen molar-refractivity contribution in [2.45, 2.75) is 19.8 Å². The van der Waals surface area contributed by atoms with Crippen molar-refractivity contribution in [2.75, 3.05) is 7.11 Å². The van der Waals surface area contributed by atoms with Crippen molar-refractivity contribution in [1.29, 1.82) is 0 Å². The molecule has 0 aliphatic rings. The number of benzene rings is 1. The highest BCUT2D eigenvalue weighted by Gasteiger charge is 2.11. The third-order valence-electron chi connectivity index (χ3n) is 1.98. The number of esters is 1. The van der Waals surface area contributed by atoms with E-state index < -0.39 is 11.8 Å². The predicted octanol–water partition coefficient (Wildman–Crippen LogP) is 2.56. The molecule has 0 spiro atoms. The molecule has 0 N–H and O–H groups in total. The molecule has 0 unspecified atom stereocenters. The monoisotopic (exact) mass is 196 g/mol. The van der Waals surface area contributed by atoms with Crippen molar-refractivity contribution < 1.29 is 13.9 Å². The highest BCUT2D eigenvalue weighted by Crippen LogP contribution is 2.12. The lowest BCUT2D eigenvalue weighted by atomic mass is 10.1.